The number of imidazole rings is 1. The molecule has 1 saturated heterocycles. The van der Waals surface area contributed by atoms with Gasteiger partial charge in [-0.15, -0.1) is 0 Å². The molecular formula is C16H22N4. The Morgan fingerprint density at radius 3 is 2.90 bits per heavy atom. The second-order valence-electron chi connectivity index (χ2n) is 6.18. The zero-order chi connectivity index (χ0) is 13.4. The molecule has 2 aromatic rings. The second-order valence-corrected chi connectivity index (χ2v) is 6.18. The SMILES string of the molecule is c1cnc2c(c1)nc(CC1CCCCN1)n2C1CCC1. The van der Waals surface area contributed by atoms with Crippen LogP contribution in [0.3, 0.4) is 0 Å². The van der Waals surface area contributed by atoms with E-state index < -0.39 is 0 Å². The van der Waals surface area contributed by atoms with Crippen LogP contribution in [0.1, 0.15) is 50.4 Å². The highest BCUT2D eigenvalue weighted by Gasteiger charge is 2.26. The third-order valence-corrected chi connectivity index (χ3v) is 4.80. The summed E-state index contributed by atoms with van der Waals surface area (Å²) < 4.78 is 2.43. The zero-order valence-corrected chi connectivity index (χ0v) is 11.9. The van der Waals surface area contributed by atoms with E-state index in [1.165, 1.54) is 44.3 Å². The summed E-state index contributed by atoms with van der Waals surface area (Å²) in [6.07, 6.45) is 10.8. The highest BCUT2D eigenvalue weighted by molar-refractivity contribution is 5.71. The number of hydrogen-bond donors (Lipinski definition) is 1. The maximum absolute atomic E-state index is 4.87. The number of rotatable bonds is 3. The van der Waals surface area contributed by atoms with E-state index in [1.807, 2.05) is 12.3 Å². The lowest BCUT2D eigenvalue weighted by Gasteiger charge is -2.30. The first-order valence-electron chi connectivity index (χ1n) is 7.97. The van der Waals surface area contributed by atoms with Crippen LogP contribution in [0.2, 0.25) is 0 Å². The quantitative estimate of drug-likeness (QED) is 0.932. The van der Waals surface area contributed by atoms with Gasteiger partial charge < -0.3 is 9.88 Å². The lowest BCUT2D eigenvalue weighted by Crippen LogP contribution is -2.36. The van der Waals surface area contributed by atoms with Crippen molar-refractivity contribution in [2.75, 3.05) is 6.54 Å². The lowest BCUT2D eigenvalue weighted by molar-refractivity contribution is 0.304. The van der Waals surface area contributed by atoms with Crippen LogP contribution >= 0.6 is 0 Å². The number of nitrogens with one attached hydrogen (secondary N) is 1. The number of nitrogens with zero attached hydrogens (tertiary/aromatic N) is 3. The van der Waals surface area contributed by atoms with Crippen molar-refractivity contribution in [3.05, 3.63) is 24.2 Å². The van der Waals surface area contributed by atoms with Gasteiger partial charge in [0.05, 0.1) is 0 Å². The third kappa shape index (κ3) is 2.12. The van der Waals surface area contributed by atoms with Gasteiger partial charge in [-0.25, -0.2) is 9.97 Å². The maximum Gasteiger partial charge on any atom is 0.160 e. The molecule has 20 heavy (non-hydrogen) atoms. The molecule has 1 atom stereocenters. The second kappa shape index (κ2) is 5.17. The minimum Gasteiger partial charge on any atom is -0.314 e. The van der Waals surface area contributed by atoms with Crippen LogP contribution in [0, 0.1) is 0 Å². The largest absolute Gasteiger partial charge is 0.314 e. The monoisotopic (exact) mass is 270 g/mol. The summed E-state index contributed by atoms with van der Waals surface area (Å²) in [7, 11) is 0. The Morgan fingerprint density at radius 1 is 1.20 bits per heavy atom. The van der Waals surface area contributed by atoms with Crippen molar-refractivity contribution in [3.63, 3.8) is 0 Å². The van der Waals surface area contributed by atoms with Gasteiger partial charge in [-0.1, -0.05) is 6.42 Å². The standard InChI is InChI=1S/C16H22N4/c1-2-9-17-12(5-1)11-15-19-14-8-4-10-18-16(14)20(15)13-6-3-7-13/h4,8,10,12-13,17H,1-3,5-7,9,11H2. The summed E-state index contributed by atoms with van der Waals surface area (Å²) in [6.45, 7) is 1.16. The average molecular weight is 270 g/mol. The molecule has 1 aliphatic heterocycles. The van der Waals surface area contributed by atoms with E-state index in [4.69, 9.17) is 4.98 Å². The fourth-order valence-electron chi connectivity index (χ4n) is 3.47. The molecule has 3 heterocycles. The van der Waals surface area contributed by atoms with Crippen LogP contribution in [0.4, 0.5) is 0 Å². The Labute approximate surface area is 119 Å². The van der Waals surface area contributed by atoms with Crippen molar-refractivity contribution < 1.29 is 0 Å². The summed E-state index contributed by atoms with van der Waals surface area (Å²) in [6, 6.07) is 5.31. The van der Waals surface area contributed by atoms with Crippen LogP contribution < -0.4 is 5.32 Å². The first-order valence-corrected chi connectivity index (χ1v) is 7.97. The molecule has 1 unspecified atom stereocenters. The van der Waals surface area contributed by atoms with Crippen molar-refractivity contribution in [2.45, 2.75) is 57.0 Å². The van der Waals surface area contributed by atoms with E-state index in [2.05, 4.69) is 20.9 Å². The summed E-state index contributed by atoms with van der Waals surface area (Å²) >= 11 is 0. The summed E-state index contributed by atoms with van der Waals surface area (Å²) in [5, 5.41) is 3.64. The minimum absolute atomic E-state index is 0.597. The first kappa shape index (κ1) is 12.3. The normalized spacial score (nSPS) is 23.9. The van der Waals surface area contributed by atoms with Gasteiger partial charge in [-0.3, -0.25) is 0 Å². The molecule has 0 spiro atoms. The van der Waals surface area contributed by atoms with Gasteiger partial charge in [-0.05, 0) is 50.8 Å². The molecule has 4 rings (SSSR count). The van der Waals surface area contributed by atoms with Crippen molar-refractivity contribution >= 4 is 11.2 Å². The molecule has 2 aromatic heterocycles. The average Bonchev–Trinajstić information content (AvgIpc) is 2.77. The molecule has 4 heteroatoms. The van der Waals surface area contributed by atoms with E-state index >= 15 is 0 Å². The van der Waals surface area contributed by atoms with E-state index in [9.17, 15) is 0 Å². The molecule has 0 aromatic carbocycles. The van der Waals surface area contributed by atoms with Gasteiger partial charge in [-0.2, -0.15) is 0 Å². The molecule has 2 fully saturated rings. The number of aromatic nitrogens is 3. The van der Waals surface area contributed by atoms with E-state index in [0.29, 0.717) is 12.1 Å². The Balaban J connectivity index is 1.69. The van der Waals surface area contributed by atoms with Gasteiger partial charge in [0.15, 0.2) is 5.65 Å². The van der Waals surface area contributed by atoms with Gasteiger partial charge >= 0.3 is 0 Å². The van der Waals surface area contributed by atoms with Gasteiger partial charge in [0.2, 0.25) is 0 Å². The molecule has 1 N–H and O–H groups in total. The van der Waals surface area contributed by atoms with Gasteiger partial charge in [0.25, 0.3) is 0 Å². The van der Waals surface area contributed by atoms with Crippen LogP contribution in [0.15, 0.2) is 18.3 Å². The predicted molar refractivity (Wildman–Crippen MR) is 79.8 cm³/mol. The maximum atomic E-state index is 4.87. The molecule has 106 valence electrons. The van der Waals surface area contributed by atoms with Crippen LogP contribution in [0.25, 0.3) is 11.2 Å². The highest BCUT2D eigenvalue weighted by Crippen LogP contribution is 2.35. The summed E-state index contributed by atoms with van der Waals surface area (Å²) in [4.78, 5) is 9.45. The summed E-state index contributed by atoms with van der Waals surface area (Å²) in [5.74, 6) is 1.24. The molecule has 4 nitrogen and oxygen atoms in total. The zero-order valence-electron chi connectivity index (χ0n) is 11.9. The Morgan fingerprint density at radius 2 is 2.15 bits per heavy atom. The first-order chi connectivity index (χ1) is 9.92. The van der Waals surface area contributed by atoms with Crippen molar-refractivity contribution in [1.82, 2.24) is 19.9 Å². The molecule has 0 bridgehead atoms. The van der Waals surface area contributed by atoms with Gasteiger partial charge in [0, 0.05) is 24.7 Å². The lowest BCUT2D eigenvalue weighted by atomic mass is 9.92. The van der Waals surface area contributed by atoms with Crippen LogP contribution in [-0.2, 0) is 6.42 Å². The fraction of sp³-hybridized carbons (Fsp3) is 0.625. The van der Waals surface area contributed by atoms with Crippen molar-refractivity contribution in [1.29, 1.82) is 0 Å². The number of pyridine rings is 1. The highest BCUT2D eigenvalue weighted by atomic mass is 15.2. The number of hydrogen-bond acceptors (Lipinski definition) is 3. The molecule has 2 aliphatic rings. The predicted octanol–water partition coefficient (Wildman–Crippen LogP) is 2.84. The minimum atomic E-state index is 0.597. The molecular weight excluding hydrogens is 248 g/mol. The van der Waals surface area contributed by atoms with Crippen molar-refractivity contribution in [3.8, 4) is 0 Å². The smallest absolute Gasteiger partial charge is 0.160 e. The number of piperidine rings is 1. The van der Waals surface area contributed by atoms with E-state index in [1.54, 1.807) is 0 Å². The van der Waals surface area contributed by atoms with Crippen molar-refractivity contribution in [2.24, 2.45) is 0 Å². The van der Waals surface area contributed by atoms with E-state index in [0.717, 1.165) is 24.1 Å². The van der Waals surface area contributed by atoms with Gasteiger partial charge in [0.1, 0.15) is 11.3 Å². The molecule has 0 amide bonds. The Kier molecular flexibility index (Phi) is 3.19. The summed E-state index contributed by atoms with van der Waals surface area (Å²) in [5.41, 5.74) is 2.15. The molecule has 1 aliphatic carbocycles. The fourth-order valence-corrected chi connectivity index (χ4v) is 3.47. The molecule has 1 saturated carbocycles. The van der Waals surface area contributed by atoms with Crippen LogP contribution in [-0.4, -0.2) is 27.1 Å². The number of fused-ring (bicyclic) bond motifs is 1. The molecule has 0 radical (unpaired) electrons. The Bertz CT molecular complexity index is 594. The Hall–Kier alpha value is -1.42. The van der Waals surface area contributed by atoms with E-state index in [-0.39, 0.29) is 0 Å². The third-order valence-electron chi connectivity index (χ3n) is 4.80. The topological polar surface area (TPSA) is 42.7 Å². The van der Waals surface area contributed by atoms with Crippen LogP contribution in [0.5, 0.6) is 0 Å².